The van der Waals surface area contributed by atoms with Crippen molar-refractivity contribution in [3.63, 3.8) is 0 Å². The summed E-state index contributed by atoms with van der Waals surface area (Å²) in [6.45, 7) is 2.03. The van der Waals surface area contributed by atoms with Gasteiger partial charge in [0.1, 0.15) is 5.92 Å². The van der Waals surface area contributed by atoms with Crippen molar-refractivity contribution in [2.75, 3.05) is 0 Å². The molecule has 0 aliphatic carbocycles. The fourth-order valence-corrected chi connectivity index (χ4v) is 2.87. The highest BCUT2D eigenvalue weighted by Gasteiger charge is 2.37. The van der Waals surface area contributed by atoms with Crippen LogP contribution in [0.2, 0.25) is 0 Å². The summed E-state index contributed by atoms with van der Waals surface area (Å²) < 4.78 is 7.11. The van der Waals surface area contributed by atoms with Crippen molar-refractivity contribution in [2.24, 2.45) is 7.05 Å². The van der Waals surface area contributed by atoms with Crippen LogP contribution in [-0.2, 0) is 11.8 Å². The molecule has 1 unspecified atom stereocenters. The van der Waals surface area contributed by atoms with Gasteiger partial charge in [0.2, 0.25) is 5.78 Å². The molecule has 0 bridgehead atoms. The number of hydrogen-bond donors (Lipinski definition) is 0. The molecule has 3 rings (SSSR count). The Morgan fingerprint density at radius 1 is 1.29 bits per heavy atom. The number of hydrogen-bond acceptors (Lipinski definition) is 3. The lowest BCUT2D eigenvalue weighted by molar-refractivity contribution is -0.134. The van der Waals surface area contributed by atoms with Crippen molar-refractivity contribution in [3.05, 3.63) is 53.3 Å². The van der Waals surface area contributed by atoms with Gasteiger partial charge in [-0.2, -0.15) is 0 Å². The Balaban J connectivity index is 2.01. The molecular weight excluding hydrogens is 266 g/mol. The number of carbonyl (C=O) groups excluding carboxylic acids is 2. The number of ketones is 1. The van der Waals surface area contributed by atoms with Crippen LogP contribution in [0.3, 0.4) is 0 Å². The molecule has 21 heavy (non-hydrogen) atoms. The Kier molecular flexibility index (Phi) is 3.37. The third kappa shape index (κ3) is 2.17. The molecule has 2 aromatic rings. The molecule has 0 amide bonds. The predicted molar refractivity (Wildman–Crippen MR) is 78.6 cm³/mol. The van der Waals surface area contributed by atoms with E-state index in [1.54, 1.807) is 22.8 Å². The molecule has 4 nitrogen and oxygen atoms in total. The highest BCUT2D eigenvalue weighted by Crippen LogP contribution is 2.39. The van der Waals surface area contributed by atoms with Gasteiger partial charge in [0.15, 0.2) is 5.75 Å². The van der Waals surface area contributed by atoms with E-state index in [2.05, 4.69) is 0 Å². The van der Waals surface area contributed by atoms with Gasteiger partial charge in [-0.25, -0.2) is 0 Å². The number of aromatic nitrogens is 1. The first-order chi connectivity index (χ1) is 10.1. The van der Waals surface area contributed by atoms with Crippen LogP contribution in [0.4, 0.5) is 0 Å². The summed E-state index contributed by atoms with van der Waals surface area (Å²) in [4.78, 5) is 24.4. The van der Waals surface area contributed by atoms with Crippen LogP contribution in [0.1, 0.15) is 47.4 Å². The van der Waals surface area contributed by atoms with Crippen LogP contribution in [0.25, 0.3) is 0 Å². The topological polar surface area (TPSA) is 48.3 Å². The maximum absolute atomic E-state index is 12.6. The second kappa shape index (κ2) is 5.20. The Bertz CT molecular complexity index is 700. The lowest BCUT2D eigenvalue weighted by atomic mass is 10.0. The summed E-state index contributed by atoms with van der Waals surface area (Å²) in [6.07, 6.45) is 1.63. The summed E-state index contributed by atoms with van der Waals surface area (Å²) >= 11 is 0. The van der Waals surface area contributed by atoms with Crippen molar-refractivity contribution in [2.45, 2.75) is 25.7 Å². The van der Waals surface area contributed by atoms with Crippen molar-refractivity contribution in [1.29, 1.82) is 0 Å². The van der Waals surface area contributed by atoms with Gasteiger partial charge >= 0.3 is 5.97 Å². The molecule has 0 spiro atoms. The Hall–Kier alpha value is -2.36. The molecule has 1 aromatic heterocycles. The molecule has 1 aliphatic rings. The van der Waals surface area contributed by atoms with Gasteiger partial charge in [-0.15, -0.1) is 0 Å². The maximum Gasteiger partial charge on any atom is 0.320 e. The normalized spacial score (nSPS) is 16.7. The van der Waals surface area contributed by atoms with Crippen LogP contribution >= 0.6 is 0 Å². The van der Waals surface area contributed by atoms with Crippen LogP contribution in [-0.4, -0.2) is 16.3 Å². The zero-order valence-corrected chi connectivity index (χ0v) is 12.1. The summed E-state index contributed by atoms with van der Waals surface area (Å²) in [5.74, 6) is 0.00233. The minimum absolute atomic E-state index is 0.0567. The number of rotatable bonds is 4. The lowest BCUT2D eigenvalue weighted by Crippen LogP contribution is -2.16. The second-order valence-electron chi connectivity index (χ2n) is 5.30. The molecule has 1 aliphatic heterocycles. The molecule has 1 aromatic carbocycles. The standard InChI is InChI=1S/C17H17NO3/c1-3-7-12-15-14(21-17(12)20)10-13(18(15)2)16(19)11-8-5-4-6-9-11/h4-6,8-10,12H,3,7H2,1-2H3. The molecule has 108 valence electrons. The lowest BCUT2D eigenvalue weighted by Gasteiger charge is -2.10. The van der Waals surface area contributed by atoms with Gasteiger partial charge in [0, 0.05) is 18.7 Å². The Labute approximate surface area is 123 Å². The number of carbonyl (C=O) groups is 2. The first kappa shape index (κ1) is 13.6. The summed E-state index contributed by atoms with van der Waals surface area (Å²) in [5, 5.41) is 0. The SMILES string of the molecule is CCCC1C(=O)Oc2cc(C(=O)c3ccccc3)n(C)c21. The largest absolute Gasteiger partial charge is 0.424 e. The number of ether oxygens (including phenoxy) is 1. The third-order valence-electron chi connectivity index (χ3n) is 3.91. The first-order valence-electron chi connectivity index (χ1n) is 7.14. The van der Waals surface area contributed by atoms with Crippen molar-refractivity contribution in [1.82, 2.24) is 4.57 Å². The van der Waals surface area contributed by atoms with E-state index >= 15 is 0 Å². The molecule has 1 atom stereocenters. The number of esters is 1. The zero-order chi connectivity index (χ0) is 15.0. The molecule has 4 heteroatoms. The molecule has 0 N–H and O–H groups in total. The summed E-state index contributed by atoms with van der Waals surface area (Å²) in [6, 6.07) is 10.8. The molecule has 0 saturated carbocycles. The van der Waals surface area contributed by atoms with E-state index in [4.69, 9.17) is 4.74 Å². The van der Waals surface area contributed by atoms with Crippen molar-refractivity contribution < 1.29 is 14.3 Å². The predicted octanol–water partition coefficient (Wildman–Crippen LogP) is 3.06. The van der Waals surface area contributed by atoms with E-state index in [0.29, 0.717) is 17.0 Å². The van der Waals surface area contributed by atoms with Crippen LogP contribution in [0.5, 0.6) is 5.75 Å². The van der Waals surface area contributed by atoms with Crippen LogP contribution < -0.4 is 4.74 Å². The number of benzene rings is 1. The quantitative estimate of drug-likeness (QED) is 0.640. The number of nitrogens with zero attached hydrogens (tertiary/aromatic N) is 1. The molecule has 0 saturated heterocycles. The minimum atomic E-state index is -0.257. The van der Waals surface area contributed by atoms with Crippen LogP contribution in [0, 0.1) is 0 Å². The van der Waals surface area contributed by atoms with Gasteiger partial charge in [-0.05, 0) is 6.42 Å². The zero-order valence-electron chi connectivity index (χ0n) is 12.1. The fourth-order valence-electron chi connectivity index (χ4n) is 2.87. The monoisotopic (exact) mass is 283 g/mol. The average molecular weight is 283 g/mol. The maximum atomic E-state index is 12.6. The third-order valence-corrected chi connectivity index (χ3v) is 3.91. The van der Waals surface area contributed by atoms with Gasteiger partial charge in [-0.3, -0.25) is 9.59 Å². The van der Waals surface area contributed by atoms with Gasteiger partial charge in [-0.1, -0.05) is 43.7 Å². The second-order valence-corrected chi connectivity index (χ2v) is 5.30. The fraction of sp³-hybridized carbons (Fsp3) is 0.294. The van der Waals surface area contributed by atoms with E-state index < -0.39 is 0 Å². The summed E-state index contributed by atoms with van der Waals surface area (Å²) in [7, 11) is 1.82. The number of fused-ring (bicyclic) bond motifs is 1. The van der Waals surface area contributed by atoms with Crippen molar-refractivity contribution >= 4 is 11.8 Å². The highest BCUT2D eigenvalue weighted by molar-refractivity contribution is 6.08. The van der Waals surface area contributed by atoms with E-state index in [0.717, 1.165) is 18.5 Å². The highest BCUT2D eigenvalue weighted by atomic mass is 16.5. The molecule has 2 heterocycles. The Morgan fingerprint density at radius 2 is 2.00 bits per heavy atom. The van der Waals surface area contributed by atoms with E-state index in [9.17, 15) is 9.59 Å². The Morgan fingerprint density at radius 3 is 2.67 bits per heavy atom. The summed E-state index contributed by atoms with van der Waals surface area (Å²) in [5.41, 5.74) is 2.01. The minimum Gasteiger partial charge on any atom is -0.424 e. The van der Waals surface area contributed by atoms with Gasteiger partial charge in [0.05, 0.1) is 11.4 Å². The van der Waals surface area contributed by atoms with Crippen LogP contribution in [0.15, 0.2) is 36.4 Å². The van der Waals surface area contributed by atoms with Gasteiger partial charge in [0.25, 0.3) is 0 Å². The molecule has 0 fully saturated rings. The average Bonchev–Trinajstić information content (AvgIpc) is 2.97. The van der Waals surface area contributed by atoms with Crippen molar-refractivity contribution in [3.8, 4) is 5.75 Å². The first-order valence-corrected chi connectivity index (χ1v) is 7.14. The van der Waals surface area contributed by atoms with E-state index in [-0.39, 0.29) is 17.7 Å². The van der Waals surface area contributed by atoms with E-state index in [1.165, 1.54) is 0 Å². The smallest absolute Gasteiger partial charge is 0.320 e. The van der Waals surface area contributed by atoms with E-state index in [1.807, 2.05) is 32.2 Å². The molecular formula is C17H17NO3. The molecule has 0 radical (unpaired) electrons. The van der Waals surface area contributed by atoms with Gasteiger partial charge < -0.3 is 9.30 Å².